The smallest absolute Gasteiger partial charge is 0.139 e. The highest BCUT2D eigenvalue weighted by atomic mass is 19.1. The summed E-state index contributed by atoms with van der Waals surface area (Å²) in [6.45, 7) is 6.59. The molecule has 122 valence electrons. The molecule has 24 heavy (non-hydrogen) atoms. The van der Waals surface area contributed by atoms with Gasteiger partial charge in [0.1, 0.15) is 17.2 Å². The average molecular weight is 322 g/mol. The first-order chi connectivity index (χ1) is 11.5. The molecule has 0 atom stereocenters. The summed E-state index contributed by atoms with van der Waals surface area (Å²) in [6.07, 6.45) is 0. The third-order valence-electron chi connectivity index (χ3n) is 4.09. The maximum Gasteiger partial charge on any atom is 0.139 e. The van der Waals surface area contributed by atoms with Crippen molar-refractivity contribution in [1.82, 2.24) is 0 Å². The summed E-state index contributed by atoms with van der Waals surface area (Å²) < 4.78 is 19.4. The van der Waals surface area contributed by atoms with Crippen molar-refractivity contribution in [2.24, 2.45) is 0 Å². The van der Waals surface area contributed by atoms with Gasteiger partial charge < -0.3 is 10.1 Å². The molecule has 1 N–H and O–H groups in total. The lowest BCUT2D eigenvalue weighted by Crippen LogP contribution is -2.34. The summed E-state index contributed by atoms with van der Waals surface area (Å²) in [5.41, 5.74) is 3.20. The number of nitrogens with zero attached hydrogens (tertiary/aromatic N) is 1. The monoisotopic (exact) mass is 322 g/mol. The van der Waals surface area contributed by atoms with Crippen molar-refractivity contribution in [3.63, 3.8) is 0 Å². The predicted molar refractivity (Wildman–Crippen MR) is 93.3 cm³/mol. The molecule has 0 aliphatic carbocycles. The Morgan fingerprint density at radius 2 is 1.88 bits per heavy atom. The summed E-state index contributed by atoms with van der Waals surface area (Å²) in [6, 6.07) is 14.3. The number of hydrogen-bond acceptors (Lipinski definition) is 3. The van der Waals surface area contributed by atoms with E-state index in [0.29, 0.717) is 5.57 Å². The second-order valence-electron chi connectivity index (χ2n) is 6.22. The van der Waals surface area contributed by atoms with Gasteiger partial charge in [-0.05, 0) is 50.6 Å². The molecule has 2 aromatic rings. The summed E-state index contributed by atoms with van der Waals surface area (Å²) in [5.74, 6) is 0.420. The predicted octanol–water partition coefficient (Wildman–Crippen LogP) is 4.75. The van der Waals surface area contributed by atoms with Gasteiger partial charge in [-0.2, -0.15) is 5.26 Å². The molecule has 3 nitrogen and oxygen atoms in total. The zero-order chi connectivity index (χ0) is 17.3. The lowest BCUT2D eigenvalue weighted by molar-refractivity contribution is 0.149. The van der Waals surface area contributed by atoms with Gasteiger partial charge in [-0.25, -0.2) is 4.39 Å². The number of fused-ring (bicyclic) bond motifs is 1. The Morgan fingerprint density at radius 1 is 1.17 bits per heavy atom. The van der Waals surface area contributed by atoms with Crippen LogP contribution in [0.25, 0.3) is 5.57 Å². The van der Waals surface area contributed by atoms with Crippen LogP contribution in [0.3, 0.4) is 0 Å². The van der Waals surface area contributed by atoms with Crippen LogP contribution in [-0.4, -0.2) is 12.1 Å². The number of rotatable bonds is 3. The van der Waals surface area contributed by atoms with Crippen molar-refractivity contribution in [2.45, 2.75) is 26.4 Å². The van der Waals surface area contributed by atoms with E-state index in [1.807, 2.05) is 39.0 Å². The lowest BCUT2D eigenvalue weighted by atomic mass is 9.83. The number of benzene rings is 2. The lowest BCUT2D eigenvalue weighted by Gasteiger charge is -2.34. The van der Waals surface area contributed by atoms with Crippen LogP contribution in [0.15, 0.2) is 48.0 Å². The number of hydrogen-bond donors (Lipinski definition) is 1. The number of ether oxygens (including phenoxy) is 1. The van der Waals surface area contributed by atoms with Crippen molar-refractivity contribution in [3.05, 3.63) is 65.0 Å². The Hall–Kier alpha value is -2.80. The van der Waals surface area contributed by atoms with Crippen LogP contribution in [-0.2, 0) is 0 Å². The molecule has 3 rings (SSSR count). The van der Waals surface area contributed by atoms with Gasteiger partial charge in [0.2, 0.25) is 0 Å². The third kappa shape index (κ3) is 2.74. The molecule has 0 fully saturated rings. The molecule has 0 saturated heterocycles. The minimum atomic E-state index is -0.754. The summed E-state index contributed by atoms with van der Waals surface area (Å²) in [7, 11) is 0. The first kappa shape index (κ1) is 16.1. The molecular weight excluding hydrogens is 303 g/mol. The van der Waals surface area contributed by atoms with Crippen LogP contribution in [0.2, 0.25) is 0 Å². The van der Waals surface area contributed by atoms with Crippen LogP contribution in [0, 0.1) is 17.1 Å². The maximum atomic E-state index is 13.3. The number of anilines is 1. The normalized spacial score (nSPS) is 15.3. The quantitative estimate of drug-likeness (QED) is 0.886. The molecule has 0 radical (unpaired) electrons. The molecule has 0 saturated carbocycles. The molecule has 0 bridgehead atoms. The van der Waals surface area contributed by atoms with E-state index in [1.165, 1.54) is 12.1 Å². The summed E-state index contributed by atoms with van der Waals surface area (Å²) in [5, 5.41) is 13.0. The fourth-order valence-electron chi connectivity index (χ4n) is 3.00. The molecular formula is C20H19FN2O. The zero-order valence-electron chi connectivity index (χ0n) is 14.0. The van der Waals surface area contributed by atoms with Gasteiger partial charge in [-0.1, -0.05) is 12.1 Å². The van der Waals surface area contributed by atoms with E-state index < -0.39 is 5.60 Å². The first-order valence-corrected chi connectivity index (χ1v) is 7.94. The van der Waals surface area contributed by atoms with Crippen LogP contribution in [0.4, 0.5) is 10.1 Å². The van der Waals surface area contributed by atoms with Gasteiger partial charge >= 0.3 is 0 Å². The second kappa shape index (κ2) is 6.01. The molecule has 1 aliphatic rings. The Balaban J connectivity index is 2.24. The van der Waals surface area contributed by atoms with Gasteiger partial charge in [-0.15, -0.1) is 0 Å². The Bertz CT molecular complexity index is 845. The molecule has 1 aliphatic heterocycles. The Morgan fingerprint density at radius 3 is 2.50 bits per heavy atom. The minimum Gasteiger partial charge on any atom is -0.482 e. The standard InChI is InChI=1S/C20H19FN2O/c1-4-23-15-9-10-16-18(11-15)24-20(2,3)17(12-22)19(16)13-5-7-14(21)8-6-13/h5-11,23H,4H2,1-3H3. The van der Waals surface area contributed by atoms with Crippen LogP contribution in [0.1, 0.15) is 31.9 Å². The van der Waals surface area contributed by atoms with E-state index in [4.69, 9.17) is 4.74 Å². The van der Waals surface area contributed by atoms with E-state index in [0.717, 1.165) is 34.7 Å². The molecule has 4 heteroatoms. The van der Waals surface area contributed by atoms with E-state index >= 15 is 0 Å². The second-order valence-corrected chi connectivity index (χ2v) is 6.22. The third-order valence-corrected chi connectivity index (χ3v) is 4.09. The number of nitriles is 1. The Labute approximate surface area is 141 Å². The van der Waals surface area contributed by atoms with Crippen LogP contribution in [0.5, 0.6) is 5.75 Å². The van der Waals surface area contributed by atoms with Crippen molar-refractivity contribution in [3.8, 4) is 11.8 Å². The first-order valence-electron chi connectivity index (χ1n) is 7.94. The van der Waals surface area contributed by atoms with Crippen molar-refractivity contribution >= 4 is 11.3 Å². The van der Waals surface area contributed by atoms with Gasteiger partial charge in [0.15, 0.2) is 0 Å². The minimum absolute atomic E-state index is 0.299. The average Bonchev–Trinajstić information content (AvgIpc) is 2.54. The summed E-state index contributed by atoms with van der Waals surface area (Å²) in [4.78, 5) is 0. The fraction of sp³-hybridized carbons (Fsp3) is 0.250. The van der Waals surface area contributed by atoms with E-state index in [2.05, 4.69) is 11.4 Å². The van der Waals surface area contributed by atoms with Gasteiger partial charge in [0.05, 0.1) is 11.6 Å². The number of halogens is 1. The highest BCUT2D eigenvalue weighted by molar-refractivity contribution is 5.90. The number of nitrogens with one attached hydrogen (secondary N) is 1. The Kier molecular flexibility index (Phi) is 4.02. The molecule has 0 unspecified atom stereocenters. The zero-order valence-corrected chi connectivity index (χ0v) is 14.0. The van der Waals surface area contributed by atoms with E-state index in [1.54, 1.807) is 12.1 Å². The van der Waals surface area contributed by atoms with Crippen molar-refractivity contribution in [2.75, 3.05) is 11.9 Å². The van der Waals surface area contributed by atoms with E-state index in [-0.39, 0.29) is 5.82 Å². The van der Waals surface area contributed by atoms with Gasteiger partial charge in [0.25, 0.3) is 0 Å². The molecule has 2 aromatic carbocycles. The highest BCUT2D eigenvalue weighted by Crippen LogP contribution is 2.44. The highest BCUT2D eigenvalue weighted by Gasteiger charge is 2.36. The molecule has 1 heterocycles. The SMILES string of the molecule is CCNc1ccc2c(c1)OC(C)(C)C(C#N)=C2c1ccc(F)cc1. The van der Waals surface area contributed by atoms with Crippen molar-refractivity contribution in [1.29, 1.82) is 5.26 Å². The van der Waals surface area contributed by atoms with Gasteiger partial charge in [0, 0.05) is 29.4 Å². The van der Waals surface area contributed by atoms with Crippen molar-refractivity contribution < 1.29 is 9.13 Å². The molecule has 0 amide bonds. The molecule has 0 aromatic heterocycles. The maximum absolute atomic E-state index is 13.3. The van der Waals surface area contributed by atoms with Gasteiger partial charge in [-0.3, -0.25) is 0 Å². The van der Waals surface area contributed by atoms with E-state index in [9.17, 15) is 9.65 Å². The topological polar surface area (TPSA) is 45.0 Å². The molecule has 0 spiro atoms. The van der Waals surface area contributed by atoms with Crippen LogP contribution >= 0.6 is 0 Å². The summed E-state index contributed by atoms with van der Waals surface area (Å²) >= 11 is 0. The van der Waals surface area contributed by atoms with Crippen LogP contribution < -0.4 is 10.1 Å². The fourth-order valence-corrected chi connectivity index (χ4v) is 3.00. The largest absolute Gasteiger partial charge is 0.482 e.